The van der Waals surface area contributed by atoms with Gasteiger partial charge in [-0.05, 0) is 54.7 Å². The van der Waals surface area contributed by atoms with Gasteiger partial charge in [0.1, 0.15) is 5.82 Å². The molecule has 3 rings (SSSR count). The highest BCUT2D eigenvalue weighted by Crippen LogP contribution is 2.31. The third-order valence-electron chi connectivity index (χ3n) is 5.12. The Morgan fingerprint density at radius 3 is 2.30 bits per heavy atom. The van der Waals surface area contributed by atoms with Crippen LogP contribution in [0.4, 0.5) is 4.39 Å². The zero-order valence-electron chi connectivity index (χ0n) is 12.5. The summed E-state index contributed by atoms with van der Waals surface area (Å²) in [7, 11) is 0. The van der Waals surface area contributed by atoms with E-state index < -0.39 is 0 Å². The van der Waals surface area contributed by atoms with Crippen molar-refractivity contribution >= 4 is 0 Å². The van der Waals surface area contributed by atoms with Crippen LogP contribution in [-0.4, -0.2) is 24.5 Å². The normalized spacial score (nSPS) is 28.3. The Kier molecular flexibility index (Phi) is 4.40. The van der Waals surface area contributed by atoms with Crippen LogP contribution in [0.2, 0.25) is 0 Å². The molecular weight excluding hydrogens is 249 g/mol. The van der Waals surface area contributed by atoms with Crippen molar-refractivity contribution in [2.75, 3.05) is 19.6 Å². The van der Waals surface area contributed by atoms with E-state index in [9.17, 15) is 4.39 Å². The van der Waals surface area contributed by atoms with Gasteiger partial charge in [0.05, 0.1) is 0 Å². The molecule has 1 saturated heterocycles. The fraction of sp³-hybridized carbons (Fsp3) is 0.667. The summed E-state index contributed by atoms with van der Waals surface area (Å²) in [5, 5.41) is 0. The summed E-state index contributed by atoms with van der Waals surface area (Å²) in [5.74, 6) is 2.55. The van der Waals surface area contributed by atoms with E-state index in [1.165, 1.54) is 50.9 Å². The van der Waals surface area contributed by atoms with Crippen molar-refractivity contribution in [3.8, 4) is 0 Å². The molecule has 0 aromatic heterocycles. The van der Waals surface area contributed by atoms with Crippen molar-refractivity contribution in [3.05, 3.63) is 35.6 Å². The number of benzene rings is 1. The average Bonchev–Trinajstić information content (AvgIpc) is 2.41. The van der Waals surface area contributed by atoms with Crippen molar-refractivity contribution in [2.45, 2.75) is 39.0 Å². The smallest absolute Gasteiger partial charge is 0.123 e. The molecule has 1 aliphatic heterocycles. The molecule has 0 amide bonds. The maximum atomic E-state index is 12.9. The van der Waals surface area contributed by atoms with Crippen LogP contribution >= 0.6 is 0 Å². The molecular formula is C18H26FN. The Labute approximate surface area is 122 Å². The van der Waals surface area contributed by atoms with Gasteiger partial charge in [-0.25, -0.2) is 4.39 Å². The summed E-state index contributed by atoms with van der Waals surface area (Å²) in [6.07, 6.45) is 6.83. The second-order valence-corrected chi connectivity index (χ2v) is 7.04. The van der Waals surface area contributed by atoms with Crippen LogP contribution in [0.3, 0.4) is 0 Å². The van der Waals surface area contributed by atoms with Crippen LogP contribution in [0, 0.1) is 23.6 Å². The van der Waals surface area contributed by atoms with Crippen LogP contribution in [0.15, 0.2) is 24.3 Å². The van der Waals surface area contributed by atoms with Crippen molar-refractivity contribution in [3.63, 3.8) is 0 Å². The molecule has 1 aromatic rings. The lowest BCUT2D eigenvalue weighted by atomic mass is 9.81. The molecule has 1 heterocycles. The van der Waals surface area contributed by atoms with Crippen LogP contribution < -0.4 is 0 Å². The summed E-state index contributed by atoms with van der Waals surface area (Å²) in [5.41, 5.74) is 1.28. The summed E-state index contributed by atoms with van der Waals surface area (Å²) >= 11 is 0. The first kappa shape index (κ1) is 14.1. The molecule has 2 heteroatoms. The zero-order valence-corrected chi connectivity index (χ0v) is 12.5. The largest absolute Gasteiger partial charge is 0.302 e. The molecule has 1 saturated carbocycles. The highest BCUT2D eigenvalue weighted by molar-refractivity contribution is 5.17. The van der Waals surface area contributed by atoms with E-state index in [1.807, 2.05) is 12.1 Å². The number of nitrogens with zero attached hydrogens (tertiary/aromatic N) is 1. The minimum atomic E-state index is -0.129. The molecule has 1 aliphatic carbocycles. The maximum Gasteiger partial charge on any atom is 0.123 e. The third-order valence-corrected chi connectivity index (χ3v) is 5.12. The van der Waals surface area contributed by atoms with Gasteiger partial charge in [-0.2, -0.15) is 0 Å². The van der Waals surface area contributed by atoms with Gasteiger partial charge in [0, 0.05) is 19.6 Å². The Hall–Kier alpha value is -0.890. The minimum Gasteiger partial charge on any atom is -0.302 e. The van der Waals surface area contributed by atoms with E-state index in [2.05, 4.69) is 11.8 Å². The van der Waals surface area contributed by atoms with Gasteiger partial charge in [-0.1, -0.05) is 31.9 Å². The van der Waals surface area contributed by atoms with Gasteiger partial charge in [0.2, 0.25) is 0 Å². The van der Waals surface area contributed by atoms with Crippen molar-refractivity contribution in [2.24, 2.45) is 17.8 Å². The Balaban J connectivity index is 1.37. The van der Waals surface area contributed by atoms with Crippen molar-refractivity contribution in [1.29, 1.82) is 0 Å². The minimum absolute atomic E-state index is 0.129. The number of halogens is 1. The van der Waals surface area contributed by atoms with Crippen LogP contribution in [0.1, 0.15) is 38.2 Å². The molecule has 0 bridgehead atoms. The fourth-order valence-corrected chi connectivity index (χ4v) is 3.79. The molecule has 1 nitrogen and oxygen atoms in total. The van der Waals surface area contributed by atoms with Crippen LogP contribution in [0.25, 0.3) is 0 Å². The molecule has 0 unspecified atom stereocenters. The third kappa shape index (κ3) is 3.60. The fourth-order valence-electron chi connectivity index (χ4n) is 3.79. The van der Waals surface area contributed by atoms with Crippen molar-refractivity contribution < 1.29 is 4.39 Å². The van der Waals surface area contributed by atoms with Gasteiger partial charge >= 0.3 is 0 Å². The van der Waals surface area contributed by atoms with E-state index in [0.717, 1.165) is 24.2 Å². The molecule has 0 radical (unpaired) electrons. The monoisotopic (exact) mass is 275 g/mol. The van der Waals surface area contributed by atoms with Crippen LogP contribution in [-0.2, 0) is 6.42 Å². The highest BCUT2D eigenvalue weighted by atomic mass is 19.1. The van der Waals surface area contributed by atoms with Gasteiger partial charge in [0.25, 0.3) is 0 Å². The van der Waals surface area contributed by atoms with Crippen LogP contribution in [0.5, 0.6) is 0 Å². The predicted octanol–water partition coefficient (Wildman–Crippen LogP) is 4.13. The summed E-state index contributed by atoms with van der Waals surface area (Å²) < 4.78 is 12.9. The molecule has 20 heavy (non-hydrogen) atoms. The highest BCUT2D eigenvalue weighted by Gasteiger charge is 2.29. The van der Waals surface area contributed by atoms with Gasteiger partial charge < -0.3 is 4.90 Å². The Bertz CT molecular complexity index is 414. The van der Waals surface area contributed by atoms with Gasteiger partial charge in [0.15, 0.2) is 0 Å². The lowest BCUT2D eigenvalue weighted by molar-refractivity contribution is 0.0697. The van der Waals surface area contributed by atoms with Gasteiger partial charge in [-0.3, -0.25) is 0 Å². The second kappa shape index (κ2) is 6.26. The first-order valence-electron chi connectivity index (χ1n) is 8.16. The first-order valence-corrected chi connectivity index (χ1v) is 8.16. The van der Waals surface area contributed by atoms with E-state index >= 15 is 0 Å². The summed E-state index contributed by atoms with van der Waals surface area (Å²) in [4.78, 5) is 2.62. The molecule has 2 fully saturated rings. The van der Waals surface area contributed by atoms with E-state index in [0.29, 0.717) is 0 Å². The molecule has 110 valence electrons. The lowest BCUT2D eigenvalue weighted by Crippen LogP contribution is -2.49. The second-order valence-electron chi connectivity index (χ2n) is 7.04. The molecule has 0 spiro atoms. The topological polar surface area (TPSA) is 3.24 Å². The number of likely N-dealkylation sites (tertiary alicyclic amines) is 1. The van der Waals surface area contributed by atoms with E-state index in [-0.39, 0.29) is 5.82 Å². The predicted molar refractivity (Wildman–Crippen MR) is 81.2 cm³/mol. The molecule has 0 atom stereocenters. The van der Waals surface area contributed by atoms with E-state index in [1.54, 1.807) is 12.1 Å². The number of rotatable bonds is 4. The quantitative estimate of drug-likeness (QED) is 0.798. The molecule has 0 N–H and O–H groups in total. The maximum absolute atomic E-state index is 12.9. The Morgan fingerprint density at radius 1 is 1.00 bits per heavy atom. The first-order chi connectivity index (χ1) is 9.69. The average molecular weight is 275 g/mol. The molecule has 2 aliphatic rings. The number of hydrogen-bond acceptors (Lipinski definition) is 1. The Morgan fingerprint density at radius 2 is 1.65 bits per heavy atom. The molecule has 1 aromatic carbocycles. The van der Waals surface area contributed by atoms with Gasteiger partial charge in [-0.15, -0.1) is 0 Å². The summed E-state index contributed by atoms with van der Waals surface area (Å²) in [6.45, 7) is 6.18. The summed E-state index contributed by atoms with van der Waals surface area (Å²) in [6, 6.07) is 7.02. The number of hydrogen-bond donors (Lipinski definition) is 0. The van der Waals surface area contributed by atoms with Crippen molar-refractivity contribution in [1.82, 2.24) is 4.90 Å². The lowest BCUT2D eigenvalue weighted by Gasteiger charge is -2.42. The van der Waals surface area contributed by atoms with E-state index in [4.69, 9.17) is 0 Å². The standard InChI is InChI=1S/C18H26FN/c1-14-2-4-16(5-3-14)11-20-12-17(13-20)10-15-6-8-18(19)9-7-15/h6-9,14,16-17H,2-5,10-13H2,1H3. The zero-order chi connectivity index (χ0) is 13.9. The SMILES string of the molecule is CC1CCC(CN2CC(Cc3ccc(F)cc3)C2)CC1.